The zero-order valence-electron chi connectivity index (χ0n) is 14.7. The first-order valence-corrected chi connectivity index (χ1v) is 8.08. The first-order chi connectivity index (χ1) is 12.9. The number of hydrogen-bond donors (Lipinski definition) is 0. The minimum absolute atomic E-state index is 0.0293. The van der Waals surface area contributed by atoms with Crippen molar-refractivity contribution < 1.29 is 18.7 Å². The molecule has 7 nitrogen and oxygen atoms in total. The Morgan fingerprint density at radius 1 is 1.22 bits per heavy atom. The molecule has 0 saturated heterocycles. The molecule has 0 amide bonds. The van der Waals surface area contributed by atoms with Crippen LogP contribution in [-0.2, 0) is 6.61 Å². The summed E-state index contributed by atoms with van der Waals surface area (Å²) in [6, 6.07) is 8.29. The van der Waals surface area contributed by atoms with E-state index in [-0.39, 0.29) is 23.8 Å². The Bertz CT molecular complexity index is 1040. The normalized spacial score (nSPS) is 10.6. The van der Waals surface area contributed by atoms with Gasteiger partial charge >= 0.3 is 5.56 Å². The van der Waals surface area contributed by atoms with Crippen molar-refractivity contribution >= 4 is 5.78 Å². The summed E-state index contributed by atoms with van der Waals surface area (Å²) in [7, 11) is 0. The predicted molar refractivity (Wildman–Crippen MR) is 94.3 cm³/mol. The van der Waals surface area contributed by atoms with Crippen molar-refractivity contribution in [1.29, 1.82) is 0 Å². The van der Waals surface area contributed by atoms with E-state index in [0.29, 0.717) is 21.5 Å². The highest BCUT2D eigenvalue weighted by atomic mass is 19.1. The van der Waals surface area contributed by atoms with Crippen LogP contribution in [0.15, 0.2) is 53.6 Å². The van der Waals surface area contributed by atoms with E-state index < -0.39 is 11.4 Å². The third-order valence-electron chi connectivity index (χ3n) is 3.94. The van der Waals surface area contributed by atoms with Crippen LogP contribution in [0.2, 0.25) is 0 Å². The lowest BCUT2D eigenvalue weighted by Gasteiger charge is -2.14. The molecule has 2 aromatic heterocycles. The minimum Gasteiger partial charge on any atom is -0.619 e. The Labute approximate surface area is 153 Å². The second-order valence-corrected chi connectivity index (χ2v) is 5.91. The molecule has 0 aliphatic carbocycles. The van der Waals surface area contributed by atoms with E-state index in [4.69, 9.17) is 4.74 Å². The van der Waals surface area contributed by atoms with E-state index in [9.17, 15) is 19.2 Å². The molecule has 2 heterocycles. The fraction of sp³-hybridized carbons (Fsp3) is 0.158. The second-order valence-electron chi connectivity index (χ2n) is 5.91. The van der Waals surface area contributed by atoms with Crippen LogP contribution in [0.3, 0.4) is 0 Å². The standard InChI is InChI=1S/C19H16FN3O4/c1-12-17(13(2)24)21-23(16-5-3-15(20)4-6-16)19(25)18(12)27-11-14-7-9-22(26)10-8-14/h3-10H,11H2,1-2H3. The van der Waals surface area contributed by atoms with Crippen molar-refractivity contribution in [3.05, 3.63) is 87.0 Å². The molecule has 0 saturated carbocycles. The zero-order valence-corrected chi connectivity index (χ0v) is 14.7. The zero-order chi connectivity index (χ0) is 19.6. The molecular weight excluding hydrogens is 353 g/mol. The fourth-order valence-corrected chi connectivity index (χ4v) is 2.54. The van der Waals surface area contributed by atoms with Crippen LogP contribution in [0, 0.1) is 17.9 Å². The highest BCUT2D eigenvalue weighted by molar-refractivity contribution is 5.93. The topological polar surface area (TPSA) is 88.1 Å². The van der Waals surface area contributed by atoms with Crippen molar-refractivity contribution in [2.75, 3.05) is 0 Å². The molecule has 0 spiro atoms. The number of ether oxygens (including phenoxy) is 1. The lowest BCUT2D eigenvalue weighted by atomic mass is 10.1. The van der Waals surface area contributed by atoms with Crippen LogP contribution in [0.5, 0.6) is 5.75 Å². The molecule has 138 valence electrons. The maximum Gasteiger partial charge on any atom is 0.314 e. The molecule has 1 aromatic carbocycles. The Hall–Kier alpha value is -3.55. The number of hydrogen-bond acceptors (Lipinski definition) is 5. The van der Waals surface area contributed by atoms with E-state index in [0.717, 1.165) is 4.68 Å². The number of Topliss-reactive ketones (excluding diaryl/α,β-unsaturated/α-hetero) is 1. The van der Waals surface area contributed by atoms with Crippen LogP contribution < -0.4 is 15.0 Å². The van der Waals surface area contributed by atoms with Gasteiger partial charge in [-0.05, 0) is 31.2 Å². The first-order valence-electron chi connectivity index (χ1n) is 8.08. The summed E-state index contributed by atoms with van der Waals surface area (Å²) >= 11 is 0. The van der Waals surface area contributed by atoms with Gasteiger partial charge in [0.25, 0.3) is 0 Å². The van der Waals surface area contributed by atoms with Gasteiger partial charge in [-0.25, -0.2) is 4.39 Å². The Balaban J connectivity index is 2.06. The van der Waals surface area contributed by atoms with Crippen molar-refractivity contribution in [2.45, 2.75) is 20.5 Å². The van der Waals surface area contributed by atoms with E-state index in [1.807, 2.05) is 0 Å². The van der Waals surface area contributed by atoms with E-state index in [1.165, 1.54) is 43.6 Å². The largest absolute Gasteiger partial charge is 0.619 e. The molecule has 8 heteroatoms. The molecule has 0 aliphatic heterocycles. The van der Waals surface area contributed by atoms with Crippen LogP contribution in [0.1, 0.15) is 28.5 Å². The molecule has 0 unspecified atom stereocenters. The molecule has 3 rings (SSSR count). The van der Waals surface area contributed by atoms with Crippen molar-refractivity contribution in [3.8, 4) is 11.4 Å². The number of halogens is 1. The van der Waals surface area contributed by atoms with Gasteiger partial charge < -0.3 is 9.94 Å². The number of pyridine rings is 1. The monoisotopic (exact) mass is 369 g/mol. The number of carbonyl (C=O) groups excluding carboxylic acids is 1. The molecule has 27 heavy (non-hydrogen) atoms. The van der Waals surface area contributed by atoms with E-state index in [2.05, 4.69) is 5.10 Å². The maximum atomic E-state index is 13.2. The fourth-order valence-electron chi connectivity index (χ4n) is 2.54. The van der Waals surface area contributed by atoms with Gasteiger partial charge in [0.1, 0.15) is 18.1 Å². The van der Waals surface area contributed by atoms with Crippen LogP contribution in [0.25, 0.3) is 5.69 Å². The molecular formula is C19H16FN3O4. The molecule has 0 bridgehead atoms. The first kappa shape index (κ1) is 18.2. The minimum atomic E-state index is -0.570. The number of benzene rings is 1. The molecule has 0 fully saturated rings. The van der Waals surface area contributed by atoms with E-state index >= 15 is 0 Å². The summed E-state index contributed by atoms with van der Waals surface area (Å²) in [5.74, 6) is -0.819. The highest BCUT2D eigenvalue weighted by Gasteiger charge is 2.19. The molecule has 0 N–H and O–H groups in total. The number of nitrogens with zero attached hydrogens (tertiary/aromatic N) is 3. The molecule has 0 atom stereocenters. The number of ketones is 1. The SMILES string of the molecule is CC(=O)c1nn(-c2ccc(F)cc2)c(=O)c(OCc2cc[n+]([O-])cc2)c1C. The summed E-state index contributed by atoms with van der Waals surface area (Å²) in [5.41, 5.74) is 0.815. The summed E-state index contributed by atoms with van der Waals surface area (Å²) in [6.45, 7) is 2.94. The average molecular weight is 369 g/mol. The lowest BCUT2D eigenvalue weighted by Crippen LogP contribution is -2.27. The van der Waals surface area contributed by atoms with Gasteiger partial charge in [0.15, 0.2) is 23.9 Å². The van der Waals surface area contributed by atoms with Gasteiger partial charge in [0.05, 0.1) is 5.69 Å². The Morgan fingerprint density at radius 2 is 1.85 bits per heavy atom. The lowest BCUT2D eigenvalue weighted by molar-refractivity contribution is -0.605. The third kappa shape index (κ3) is 3.84. The molecule has 3 aromatic rings. The number of carbonyl (C=O) groups is 1. The number of aromatic nitrogens is 3. The van der Waals surface area contributed by atoms with Gasteiger partial charge in [-0.1, -0.05) is 0 Å². The van der Waals surface area contributed by atoms with Crippen LogP contribution in [-0.4, -0.2) is 15.6 Å². The van der Waals surface area contributed by atoms with E-state index in [1.54, 1.807) is 19.1 Å². The average Bonchev–Trinajstić information content (AvgIpc) is 2.64. The quantitative estimate of drug-likeness (QED) is 0.390. The summed E-state index contributed by atoms with van der Waals surface area (Å²) in [4.78, 5) is 24.8. The van der Waals surface area contributed by atoms with Crippen LogP contribution >= 0.6 is 0 Å². The third-order valence-corrected chi connectivity index (χ3v) is 3.94. The van der Waals surface area contributed by atoms with Crippen molar-refractivity contribution in [3.63, 3.8) is 0 Å². The molecule has 0 aliphatic rings. The number of rotatable bonds is 5. The van der Waals surface area contributed by atoms with Gasteiger partial charge in [0, 0.05) is 30.2 Å². The van der Waals surface area contributed by atoms with Gasteiger partial charge in [-0.2, -0.15) is 14.5 Å². The van der Waals surface area contributed by atoms with Crippen molar-refractivity contribution in [1.82, 2.24) is 9.78 Å². The summed E-state index contributed by atoms with van der Waals surface area (Å²) in [5, 5.41) is 15.2. The van der Waals surface area contributed by atoms with Gasteiger partial charge in [-0.3, -0.25) is 9.59 Å². The van der Waals surface area contributed by atoms with Crippen molar-refractivity contribution in [2.24, 2.45) is 0 Å². The van der Waals surface area contributed by atoms with Gasteiger partial charge in [0.2, 0.25) is 0 Å². The predicted octanol–water partition coefficient (Wildman–Crippen LogP) is 2.10. The maximum absolute atomic E-state index is 13.2. The van der Waals surface area contributed by atoms with Crippen LogP contribution in [0.4, 0.5) is 4.39 Å². The summed E-state index contributed by atoms with van der Waals surface area (Å²) < 4.78 is 20.5. The van der Waals surface area contributed by atoms with Gasteiger partial charge in [-0.15, -0.1) is 0 Å². The molecule has 0 radical (unpaired) electrons. The summed E-state index contributed by atoms with van der Waals surface area (Å²) in [6.07, 6.45) is 2.63. The Kier molecular flexibility index (Phi) is 4.98. The highest BCUT2D eigenvalue weighted by Crippen LogP contribution is 2.19. The smallest absolute Gasteiger partial charge is 0.314 e. The Morgan fingerprint density at radius 3 is 2.44 bits per heavy atom. The second kappa shape index (κ2) is 7.36.